The number of carbonyl (C=O) groups is 2. The number of amides is 1. The van der Waals surface area contributed by atoms with E-state index < -0.39 is 5.60 Å². The van der Waals surface area contributed by atoms with Crippen molar-refractivity contribution in [1.82, 2.24) is 4.90 Å². The molecule has 0 heterocycles. The van der Waals surface area contributed by atoms with Gasteiger partial charge in [0.05, 0.1) is 0 Å². The fourth-order valence-corrected chi connectivity index (χ4v) is 2.39. The van der Waals surface area contributed by atoms with Crippen LogP contribution < -0.4 is 0 Å². The summed E-state index contributed by atoms with van der Waals surface area (Å²) in [5.74, 6) is 0. The number of hydrogen-bond acceptors (Lipinski definition) is 3. The molecule has 0 saturated heterocycles. The van der Waals surface area contributed by atoms with Crippen LogP contribution in [0.4, 0.5) is 4.79 Å². The zero-order valence-corrected chi connectivity index (χ0v) is 12.6. The summed E-state index contributed by atoms with van der Waals surface area (Å²) in [5.41, 5.74) is -0.489. The van der Waals surface area contributed by atoms with Crippen LogP contribution in [0, 0.1) is 0 Å². The third kappa shape index (κ3) is 4.84. The Morgan fingerprint density at radius 1 is 1.42 bits per heavy atom. The van der Waals surface area contributed by atoms with E-state index in [1.54, 1.807) is 0 Å². The van der Waals surface area contributed by atoms with Crippen molar-refractivity contribution in [3.8, 4) is 0 Å². The van der Waals surface area contributed by atoms with E-state index in [1.807, 2.05) is 25.7 Å². The van der Waals surface area contributed by atoms with Crippen molar-refractivity contribution < 1.29 is 14.3 Å². The van der Waals surface area contributed by atoms with Gasteiger partial charge in [-0.15, -0.1) is 0 Å². The van der Waals surface area contributed by atoms with Gasteiger partial charge in [-0.2, -0.15) is 0 Å². The molecule has 1 unspecified atom stereocenters. The van der Waals surface area contributed by atoms with Gasteiger partial charge in [-0.25, -0.2) is 4.79 Å². The first-order valence-electron chi connectivity index (χ1n) is 7.34. The van der Waals surface area contributed by atoms with Crippen LogP contribution in [0.15, 0.2) is 0 Å². The van der Waals surface area contributed by atoms with Crippen molar-refractivity contribution in [1.29, 1.82) is 0 Å². The highest BCUT2D eigenvalue weighted by atomic mass is 16.6. The fourth-order valence-electron chi connectivity index (χ4n) is 2.39. The van der Waals surface area contributed by atoms with Gasteiger partial charge in [0.2, 0.25) is 0 Å². The number of hydrogen-bond donors (Lipinski definition) is 0. The number of rotatable bonds is 6. The average molecular weight is 269 g/mol. The lowest BCUT2D eigenvalue weighted by Crippen LogP contribution is -2.51. The van der Waals surface area contributed by atoms with Crippen LogP contribution >= 0.6 is 0 Å². The maximum absolute atomic E-state index is 12.4. The van der Waals surface area contributed by atoms with Gasteiger partial charge in [-0.3, -0.25) is 0 Å². The van der Waals surface area contributed by atoms with Crippen LogP contribution in [-0.4, -0.2) is 35.0 Å². The van der Waals surface area contributed by atoms with E-state index in [0.29, 0.717) is 6.42 Å². The lowest BCUT2D eigenvalue weighted by Gasteiger charge is -2.42. The maximum atomic E-state index is 12.4. The summed E-state index contributed by atoms with van der Waals surface area (Å²) in [7, 11) is 0. The fraction of sp³-hybridized carbons (Fsp3) is 0.867. The van der Waals surface area contributed by atoms with Crippen molar-refractivity contribution in [3.05, 3.63) is 0 Å². The zero-order chi connectivity index (χ0) is 14.5. The van der Waals surface area contributed by atoms with Crippen molar-refractivity contribution in [2.45, 2.75) is 83.9 Å². The second kappa shape index (κ2) is 6.92. The monoisotopic (exact) mass is 269 g/mol. The second-order valence-electron chi connectivity index (χ2n) is 6.32. The molecular weight excluding hydrogens is 242 g/mol. The predicted molar refractivity (Wildman–Crippen MR) is 75.1 cm³/mol. The summed E-state index contributed by atoms with van der Waals surface area (Å²) in [5, 5.41) is 0. The highest BCUT2D eigenvalue weighted by Crippen LogP contribution is 2.30. The molecule has 1 aliphatic rings. The molecular formula is C15H27NO3. The minimum Gasteiger partial charge on any atom is -0.444 e. The molecule has 4 nitrogen and oxygen atoms in total. The van der Waals surface area contributed by atoms with Crippen molar-refractivity contribution >= 4 is 12.4 Å². The van der Waals surface area contributed by atoms with Gasteiger partial charge in [0.15, 0.2) is 0 Å². The smallest absolute Gasteiger partial charge is 0.410 e. The molecule has 1 atom stereocenters. The molecule has 0 radical (unpaired) electrons. The van der Waals surface area contributed by atoms with Gasteiger partial charge in [0.1, 0.15) is 11.9 Å². The van der Waals surface area contributed by atoms with Gasteiger partial charge < -0.3 is 14.4 Å². The first kappa shape index (κ1) is 16.0. The highest BCUT2D eigenvalue weighted by Gasteiger charge is 2.36. The molecule has 1 fully saturated rings. The topological polar surface area (TPSA) is 46.6 Å². The molecule has 0 bridgehead atoms. The summed E-state index contributed by atoms with van der Waals surface area (Å²) in [6.07, 6.45) is 6.08. The number of nitrogens with zero attached hydrogens (tertiary/aromatic N) is 1. The minimum absolute atomic E-state index is 0.0114. The molecule has 19 heavy (non-hydrogen) atoms. The summed E-state index contributed by atoms with van der Waals surface area (Å²) < 4.78 is 5.50. The van der Waals surface area contributed by atoms with E-state index in [9.17, 15) is 9.59 Å². The third-order valence-electron chi connectivity index (χ3n) is 3.46. The molecule has 1 rings (SSSR count). The Labute approximate surface area is 116 Å². The van der Waals surface area contributed by atoms with Crippen molar-refractivity contribution in [2.75, 3.05) is 0 Å². The molecule has 110 valence electrons. The molecule has 4 heteroatoms. The predicted octanol–water partition coefficient (Wildman–Crippen LogP) is 3.53. The van der Waals surface area contributed by atoms with Crippen molar-refractivity contribution in [3.63, 3.8) is 0 Å². The van der Waals surface area contributed by atoms with Crippen LogP contribution in [0.5, 0.6) is 0 Å². The van der Waals surface area contributed by atoms with Gasteiger partial charge in [-0.05, 0) is 46.5 Å². The molecule has 1 amide bonds. The third-order valence-corrected chi connectivity index (χ3v) is 3.46. The van der Waals surface area contributed by atoms with E-state index in [1.165, 1.54) is 0 Å². The molecule has 1 saturated carbocycles. The van der Waals surface area contributed by atoms with Gasteiger partial charge >= 0.3 is 6.09 Å². The Morgan fingerprint density at radius 2 is 2.05 bits per heavy atom. The largest absolute Gasteiger partial charge is 0.444 e. The molecule has 0 aromatic rings. The van der Waals surface area contributed by atoms with Gasteiger partial charge in [0.25, 0.3) is 0 Å². The number of aldehydes is 1. The molecule has 0 aromatic carbocycles. The normalized spacial score (nSPS) is 17.5. The van der Waals surface area contributed by atoms with Crippen LogP contribution in [0.25, 0.3) is 0 Å². The van der Waals surface area contributed by atoms with E-state index in [2.05, 4.69) is 6.92 Å². The molecule has 0 N–H and O–H groups in total. The zero-order valence-electron chi connectivity index (χ0n) is 12.6. The van der Waals surface area contributed by atoms with E-state index in [-0.39, 0.29) is 18.2 Å². The summed E-state index contributed by atoms with van der Waals surface area (Å²) in [6, 6.07) is 0.244. The van der Waals surface area contributed by atoms with Crippen LogP contribution in [0.2, 0.25) is 0 Å². The number of carbonyl (C=O) groups excluding carboxylic acids is 2. The van der Waals surface area contributed by atoms with E-state index in [0.717, 1.165) is 38.4 Å². The molecule has 1 aliphatic carbocycles. The molecule has 0 aliphatic heterocycles. The highest BCUT2D eigenvalue weighted by molar-refractivity contribution is 5.70. The summed E-state index contributed by atoms with van der Waals surface area (Å²) in [4.78, 5) is 25.1. The van der Waals surface area contributed by atoms with Crippen LogP contribution in [-0.2, 0) is 9.53 Å². The van der Waals surface area contributed by atoms with Gasteiger partial charge in [-0.1, -0.05) is 13.3 Å². The quantitative estimate of drug-likeness (QED) is 0.693. The number of ether oxygens (including phenoxy) is 1. The average Bonchev–Trinajstić information content (AvgIpc) is 2.20. The standard InChI is InChI=1S/C15H27NO3/c1-5-7-12(10-11-17)16(13-8-6-9-13)14(18)19-15(2,3)4/h11-13H,5-10H2,1-4H3. The molecule has 0 aromatic heterocycles. The second-order valence-corrected chi connectivity index (χ2v) is 6.32. The maximum Gasteiger partial charge on any atom is 0.410 e. The minimum atomic E-state index is -0.489. The lowest BCUT2D eigenvalue weighted by atomic mass is 9.89. The molecule has 0 spiro atoms. The SMILES string of the molecule is CCCC(CC=O)N(C(=O)OC(C)(C)C)C1CCC1. The first-order valence-corrected chi connectivity index (χ1v) is 7.34. The Kier molecular flexibility index (Phi) is 5.83. The van der Waals surface area contributed by atoms with Crippen LogP contribution in [0.1, 0.15) is 66.2 Å². The van der Waals surface area contributed by atoms with Crippen molar-refractivity contribution in [2.24, 2.45) is 0 Å². The summed E-state index contributed by atoms with van der Waals surface area (Å²) >= 11 is 0. The Balaban J connectivity index is 2.79. The van der Waals surface area contributed by atoms with Gasteiger partial charge in [0, 0.05) is 18.5 Å². The van der Waals surface area contributed by atoms with E-state index in [4.69, 9.17) is 4.74 Å². The summed E-state index contributed by atoms with van der Waals surface area (Å²) in [6.45, 7) is 7.70. The van der Waals surface area contributed by atoms with E-state index >= 15 is 0 Å². The Bertz CT molecular complexity index is 305. The Hall–Kier alpha value is -1.06. The Morgan fingerprint density at radius 3 is 2.42 bits per heavy atom. The first-order chi connectivity index (χ1) is 8.89. The lowest BCUT2D eigenvalue weighted by molar-refractivity contribution is -0.109. The van der Waals surface area contributed by atoms with Crippen LogP contribution in [0.3, 0.4) is 0 Å².